The van der Waals surface area contributed by atoms with E-state index in [0.717, 1.165) is 17.4 Å². The molecule has 0 aliphatic carbocycles. The molecule has 22 heavy (non-hydrogen) atoms. The average Bonchev–Trinajstić information content (AvgIpc) is 2.56. The Morgan fingerprint density at radius 2 is 1.95 bits per heavy atom. The van der Waals surface area contributed by atoms with Crippen LogP contribution in [0.5, 0.6) is 0 Å². The van der Waals surface area contributed by atoms with Crippen molar-refractivity contribution >= 4 is 16.7 Å². The second-order valence-electron chi connectivity index (χ2n) is 5.31. The molecule has 2 N–H and O–H groups in total. The van der Waals surface area contributed by atoms with Crippen molar-refractivity contribution in [3.8, 4) is 0 Å². The van der Waals surface area contributed by atoms with Gasteiger partial charge >= 0.3 is 0 Å². The van der Waals surface area contributed by atoms with Crippen LogP contribution in [0.25, 0.3) is 10.8 Å². The molecule has 1 atom stereocenters. The van der Waals surface area contributed by atoms with Crippen LogP contribution in [-0.2, 0) is 9.53 Å². The van der Waals surface area contributed by atoms with Crippen LogP contribution >= 0.6 is 0 Å². The Morgan fingerprint density at radius 3 is 2.73 bits per heavy atom. The average molecular weight is 301 g/mol. The number of rotatable bonds is 8. The molecular weight excluding hydrogens is 278 g/mol. The first kappa shape index (κ1) is 16.5. The summed E-state index contributed by atoms with van der Waals surface area (Å²) >= 11 is 0. The van der Waals surface area contributed by atoms with Crippen LogP contribution in [0.15, 0.2) is 42.5 Å². The lowest BCUT2D eigenvalue weighted by molar-refractivity contribution is -0.122. The van der Waals surface area contributed by atoms with Gasteiger partial charge in [-0.15, -0.1) is 0 Å². The molecule has 0 saturated carbocycles. The topological polar surface area (TPSA) is 58.6 Å². The van der Waals surface area contributed by atoms with Crippen LogP contribution in [0.4, 0.5) is 0 Å². The zero-order valence-corrected chi connectivity index (χ0v) is 12.9. The molecular formula is C18H23NO3. The fraction of sp³-hybridized carbons (Fsp3) is 0.389. The first-order chi connectivity index (χ1) is 10.7. The number of carbonyl (C=O) groups excluding carboxylic acids is 1. The Labute approximate surface area is 131 Å². The zero-order chi connectivity index (χ0) is 15.8. The lowest BCUT2D eigenvalue weighted by Crippen LogP contribution is -2.29. The van der Waals surface area contributed by atoms with Gasteiger partial charge in [-0.2, -0.15) is 0 Å². The van der Waals surface area contributed by atoms with Crippen molar-refractivity contribution in [3.05, 3.63) is 48.0 Å². The molecule has 0 heterocycles. The van der Waals surface area contributed by atoms with Gasteiger partial charge in [-0.1, -0.05) is 42.5 Å². The van der Waals surface area contributed by atoms with E-state index in [1.165, 1.54) is 5.39 Å². The van der Waals surface area contributed by atoms with Gasteiger partial charge in [0.15, 0.2) is 0 Å². The standard InChI is InChI=1S/C18H23NO3/c1-14(18(21)19-9-4-11-22-12-10-20)16-8-7-15-5-2-3-6-17(15)13-16/h2-3,5-8,13-14,20H,4,9-12H2,1H3,(H,19,21). The molecule has 2 rings (SSSR count). The normalized spacial score (nSPS) is 12.3. The van der Waals surface area contributed by atoms with Crippen LogP contribution < -0.4 is 5.32 Å². The molecule has 2 aromatic rings. The minimum absolute atomic E-state index is 0.0254. The molecule has 0 saturated heterocycles. The molecule has 2 aromatic carbocycles. The third kappa shape index (κ3) is 4.55. The van der Waals surface area contributed by atoms with Gasteiger partial charge < -0.3 is 15.2 Å². The Hall–Kier alpha value is -1.91. The highest BCUT2D eigenvalue weighted by atomic mass is 16.5. The summed E-state index contributed by atoms with van der Waals surface area (Å²) in [6.45, 7) is 3.43. The van der Waals surface area contributed by atoms with E-state index in [4.69, 9.17) is 9.84 Å². The van der Waals surface area contributed by atoms with Gasteiger partial charge in [0.25, 0.3) is 0 Å². The van der Waals surface area contributed by atoms with Crippen LogP contribution in [0, 0.1) is 0 Å². The largest absolute Gasteiger partial charge is 0.394 e. The number of nitrogens with one attached hydrogen (secondary N) is 1. The molecule has 0 aromatic heterocycles. The van der Waals surface area contributed by atoms with Gasteiger partial charge in [0.1, 0.15) is 0 Å². The molecule has 0 spiro atoms. The van der Waals surface area contributed by atoms with E-state index in [-0.39, 0.29) is 18.4 Å². The quantitative estimate of drug-likeness (QED) is 0.736. The number of hydrogen-bond donors (Lipinski definition) is 2. The fourth-order valence-corrected chi connectivity index (χ4v) is 2.33. The maximum absolute atomic E-state index is 12.2. The maximum Gasteiger partial charge on any atom is 0.227 e. The van der Waals surface area contributed by atoms with Gasteiger partial charge in [0, 0.05) is 13.2 Å². The second kappa shape index (κ2) is 8.51. The van der Waals surface area contributed by atoms with Crippen molar-refractivity contribution in [3.63, 3.8) is 0 Å². The number of aliphatic hydroxyl groups is 1. The van der Waals surface area contributed by atoms with Crippen molar-refractivity contribution in [1.29, 1.82) is 0 Å². The number of ether oxygens (including phenoxy) is 1. The maximum atomic E-state index is 12.2. The summed E-state index contributed by atoms with van der Waals surface area (Å²) in [5.74, 6) is -0.152. The minimum atomic E-state index is -0.178. The van der Waals surface area contributed by atoms with Gasteiger partial charge in [0.05, 0.1) is 19.1 Å². The molecule has 4 nitrogen and oxygen atoms in total. The summed E-state index contributed by atoms with van der Waals surface area (Å²) in [6, 6.07) is 14.3. The van der Waals surface area contributed by atoms with Crippen LogP contribution in [0.1, 0.15) is 24.8 Å². The number of aliphatic hydroxyl groups excluding tert-OH is 1. The van der Waals surface area contributed by atoms with Crippen molar-refractivity contribution < 1.29 is 14.6 Å². The van der Waals surface area contributed by atoms with E-state index in [2.05, 4.69) is 29.6 Å². The van der Waals surface area contributed by atoms with E-state index in [1.807, 2.05) is 25.1 Å². The molecule has 1 unspecified atom stereocenters. The molecule has 0 bridgehead atoms. The molecule has 118 valence electrons. The Morgan fingerprint density at radius 1 is 1.18 bits per heavy atom. The SMILES string of the molecule is CC(C(=O)NCCCOCCO)c1ccc2ccccc2c1. The fourth-order valence-electron chi connectivity index (χ4n) is 2.33. The summed E-state index contributed by atoms with van der Waals surface area (Å²) in [7, 11) is 0. The summed E-state index contributed by atoms with van der Waals surface area (Å²) in [4.78, 5) is 12.2. The van der Waals surface area contributed by atoms with Crippen molar-refractivity contribution in [2.45, 2.75) is 19.3 Å². The molecule has 0 radical (unpaired) electrons. The third-order valence-corrected chi connectivity index (χ3v) is 3.67. The molecule has 4 heteroatoms. The smallest absolute Gasteiger partial charge is 0.227 e. The predicted octanol–water partition coefficient (Wildman–Crippen LogP) is 2.46. The summed E-state index contributed by atoms with van der Waals surface area (Å²) < 4.78 is 5.16. The second-order valence-corrected chi connectivity index (χ2v) is 5.31. The van der Waals surface area contributed by atoms with E-state index < -0.39 is 0 Å². The third-order valence-electron chi connectivity index (χ3n) is 3.67. The van der Waals surface area contributed by atoms with Crippen LogP contribution in [0.2, 0.25) is 0 Å². The summed E-state index contributed by atoms with van der Waals surface area (Å²) in [6.07, 6.45) is 0.746. The molecule has 1 amide bonds. The zero-order valence-electron chi connectivity index (χ0n) is 12.9. The number of fused-ring (bicyclic) bond motifs is 1. The van der Waals surface area contributed by atoms with Crippen molar-refractivity contribution in [2.24, 2.45) is 0 Å². The highest BCUT2D eigenvalue weighted by Gasteiger charge is 2.14. The molecule has 0 aliphatic heterocycles. The number of carbonyl (C=O) groups is 1. The van der Waals surface area contributed by atoms with Gasteiger partial charge in [-0.25, -0.2) is 0 Å². The monoisotopic (exact) mass is 301 g/mol. The molecule has 0 fully saturated rings. The number of benzene rings is 2. The Bertz CT molecular complexity index is 612. The highest BCUT2D eigenvalue weighted by molar-refractivity contribution is 5.87. The van der Waals surface area contributed by atoms with Crippen molar-refractivity contribution in [2.75, 3.05) is 26.4 Å². The Balaban J connectivity index is 1.86. The van der Waals surface area contributed by atoms with E-state index >= 15 is 0 Å². The van der Waals surface area contributed by atoms with E-state index in [1.54, 1.807) is 0 Å². The first-order valence-corrected chi connectivity index (χ1v) is 7.67. The van der Waals surface area contributed by atoms with Gasteiger partial charge in [-0.3, -0.25) is 4.79 Å². The predicted molar refractivity (Wildman–Crippen MR) is 87.9 cm³/mol. The number of amides is 1. The first-order valence-electron chi connectivity index (χ1n) is 7.67. The van der Waals surface area contributed by atoms with E-state index in [9.17, 15) is 4.79 Å². The van der Waals surface area contributed by atoms with E-state index in [0.29, 0.717) is 19.8 Å². The highest BCUT2D eigenvalue weighted by Crippen LogP contribution is 2.21. The lowest BCUT2D eigenvalue weighted by atomic mass is 9.97. The number of hydrogen-bond acceptors (Lipinski definition) is 3. The minimum Gasteiger partial charge on any atom is -0.394 e. The van der Waals surface area contributed by atoms with Gasteiger partial charge in [0.2, 0.25) is 5.91 Å². The van der Waals surface area contributed by atoms with Crippen LogP contribution in [-0.4, -0.2) is 37.4 Å². The lowest BCUT2D eigenvalue weighted by Gasteiger charge is -2.13. The van der Waals surface area contributed by atoms with Gasteiger partial charge in [-0.05, 0) is 29.7 Å². The molecule has 0 aliphatic rings. The summed E-state index contributed by atoms with van der Waals surface area (Å²) in [5, 5.41) is 13.8. The Kier molecular flexibility index (Phi) is 6.37. The summed E-state index contributed by atoms with van der Waals surface area (Å²) in [5.41, 5.74) is 1.02. The van der Waals surface area contributed by atoms with Crippen LogP contribution in [0.3, 0.4) is 0 Å². The van der Waals surface area contributed by atoms with Crippen molar-refractivity contribution in [1.82, 2.24) is 5.32 Å².